The first-order valence-electron chi connectivity index (χ1n) is 8.30. The van der Waals surface area contributed by atoms with Crippen LogP contribution in [0.5, 0.6) is 0 Å². The number of hydrogen-bond donors (Lipinski definition) is 3. The van der Waals surface area contributed by atoms with Crippen LogP contribution in [0, 0.1) is 0 Å². The molecule has 134 valence electrons. The van der Waals surface area contributed by atoms with E-state index in [4.69, 9.17) is 0 Å². The van der Waals surface area contributed by atoms with E-state index in [2.05, 4.69) is 31.0 Å². The molecule has 0 bridgehead atoms. The Kier molecular flexibility index (Phi) is 6.94. The van der Waals surface area contributed by atoms with Gasteiger partial charge in [-0.15, -0.1) is 0 Å². The van der Waals surface area contributed by atoms with Crippen molar-refractivity contribution in [3.63, 3.8) is 0 Å². The molecule has 0 unspecified atom stereocenters. The van der Waals surface area contributed by atoms with Crippen LogP contribution in [0.15, 0.2) is 35.6 Å². The van der Waals surface area contributed by atoms with Crippen molar-refractivity contribution in [3.8, 4) is 0 Å². The van der Waals surface area contributed by atoms with E-state index in [1.54, 1.807) is 11.7 Å². The van der Waals surface area contributed by atoms with Crippen molar-refractivity contribution in [1.82, 2.24) is 30.7 Å². The van der Waals surface area contributed by atoms with Crippen LogP contribution in [0.1, 0.15) is 28.7 Å². The smallest absolute Gasteiger partial charge is 0.251 e. The molecule has 0 radical (unpaired) electrons. The normalized spacial score (nSPS) is 11.2. The molecular formula is C17H25N7O. The van der Waals surface area contributed by atoms with E-state index >= 15 is 0 Å². The number of carbonyl (C=O) groups excluding carboxylic acids is 1. The van der Waals surface area contributed by atoms with Crippen LogP contribution in [-0.4, -0.2) is 46.8 Å². The minimum atomic E-state index is -0.0756. The lowest BCUT2D eigenvalue weighted by Gasteiger charge is -2.11. The van der Waals surface area contributed by atoms with Crippen molar-refractivity contribution < 1.29 is 4.79 Å². The predicted molar refractivity (Wildman–Crippen MR) is 97.4 cm³/mol. The minimum absolute atomic E-state index is 0.0756. The topological polar surface area (TPSA) is 96.2 Å². The number of benzene rings is 1. The lowest BCUT2D eigenvalue weighted by atomic mass is 10.1. The molecule has 0 aliphatic carbocycles. The van der Waals surface area contributed by atoms with E-state index in [-0.39, 0.29) is 5.91 Å². The maximum absolute atomic E-state index is 11.7. The van der Waals surface area contributed by atoms with Crippen molar-refractivity contribution in [1.29, 1.82) is 0 Å². The number of aryl methyl sites for hydroxylation is 1. The highest BCUT2D eigenvalue weighted by atomic mass is 16.1. The summed E-state index contributed by atoms with van der Waals surface area (Å²) in [4.78, 5) is 20.4. The third-order valence-corrected chi connectivity index (χ3v) is 3.65. The summed E-state index contributed by atoms with van der Waals surface area (Å²) in [6.07, 6.45) is 2.31. The first kappa shape index (κ1) is 18.4. The molecule has 0 saturated heterocycles. The molecule has 0 saturated carbocycles. The molecule has 0 aliphatic heterocycles. The third-order valence-electron chi connectivity index (χ3n) is 3.65. The number of nitrogens with one attached hydrogen (secondary N) is 3. The van der Waals surface area contributed by atoms with Gasteiger partial charge < -0.3 is 16.0 Å². The van der Waals surface area contributed by atoms with E-state index in [1.807, 2.05) is 38.2 Å². The number of hydrogen-bond acceptors (Lipinski definition) is 4. The Morgan fingerprint density at radius 2 is 2.16 bits per heavy atom. The van der Waals surface area contributed by atoms with Gasteiger partial charge in [-0.2, -0.15) is 5.10 Å². The van der Waals surface area contributed by atoms with Crippen LogP contribution in [0.3, 0.4) is 0 Å². The standard InChI is InChI=1S/C17H25N7O/c1-4-19-17(21-11-15-22-12-23-24(15)3)20-9-8-13-6-5-7-14(10-13)16(25)18-2/h5-7,10,12H,4,8-9,11H2,1-3H3,(H,18,25)(H2,19,20,21). The first-order valence-corrected chi connectivity index (χ1v) is 8.30. The summed E-state index contributed by atoms with van der Waals surface area (Å²) in [7, 11) is 3.48. The molecule has 3 N–H and O–H groups in total. The molecular weight excluding hydrogens is 318 g/mol. The highest BCUT2D eigenvalue weighted by Crippen LogP contribution is 2.05. The quantitative estimate of drug-likeness (QED) is 0.502. The van der Waals surface area contributed by atoms with Gasteiger partial charge >= 0.3 is 0 Å². The fourth-order valence-electron chi connectivity index (χ4n) is 2.29. The van der Waals surface area contributed by atoms with Crippen LogP contribution >= 0.6 is 0 Å². The lowest BCUT2D eigenvalue weighted by molar-refractivity contribution is 0.0963. The number of amides is 1. The fourth-order valence-corrected chi connectivity index (χ4v) is 2.29. The summed E-state index contributed by atoms with van der Waals surface area (Å²) in [6.45, 7) is 3.96. The van der Waals surface area contributed by atoms with Crippen LogP contribution in [0.2, 0.25) is 0 Å². The SMILES string of the molecule is CCNC(=NCc1ncnn1C)NCCc1cccc(C(=O)NC)c1. The van der Waals surface area contributed by atoms with Gasteiger partial charge in [0, 0.05) is 32.7 Å². The largest absolute Gasteiger partial charge is 0.357 e. The van der Waals surface area contributed by atoms with Gasteiger partial charge in [0.05, 0.1) is 0 Å². The predicted octanol–water partition coefficient (Wildman–Crippen LogP) is 0.473. The van der Waals surface area contributed by atoms with Gasteiger partial charge in [-0.25, -0.2) is 9.98 Å². The van der Waals surface area contributed by atoms with Gasteiger partial charge in [0.25, 0.3) is 5.91 Å². The number of aliphatic imine (C=N–C) groups is 1. The Balaban J connectivity index is 1.91. The number of nitrogens with zero attached hydrogens (tertiary/aromatic N) is 4. The van der Waals surface area contributed by atoms with Crippen molar-refractivity contribution in [2.45, 2.75) is 19.9 Å². The molecule has 2 rings (SSSR count). The van der Waals surface area contributed by atoms with Crippen molar-refractivity contribution >= 4 is 11.9 Å². The first-order chi connectivity index (χ1) is 12.1. The second-order valence-electron chi connectivity index (χ2n) is 5.45. The Labute approximate surface area is 147 Å². The van der Waals surface area contributed by atoms with E-state index in [1.165, 1.54) is 6.33 Å². The van der Waals surface area contributed by atoms with Gasteiger partial charge in [0.2, 0.25) is 0 Å². The lowest BCUT2D eigenvalue weighted by Crippen LogP contribution is -2.38. The summed E-state index contributed by atoms with van der Waals surface area (Å²) >= 11 is 0. The third kappa shape index (κ3) is 5.59. The van der Waals surface area contributed by atoms with Crippen LogP contribution < -0.4 is 16.0 Å². The number of carbonyl (C=O) groups is 1. The monoisotopic (exact) mass is 343 g/mol. The van der Waals surface area contributed by atoms with E-state index in [0.29, 0.717) is 18.7 Å². The van der Waals surface area contributed by atoms with E-state index in [9.17, 15) is 4.79 Å². The molecule has 1 amide bonds. The average molecular weight is 343 g/mol. The van der Waals surface area contributed by atoms with Crippen LogP contribution in [0.25, 0.3) is 0 Å². The van der Waals surface area contributed by atoms with Gasteiger partial charge in [-0.1, -0.05) is 12.1 Å². The Hall–Kier alpha value is -2.90. The highest BCUT2D eigenvalue weighted by Gasteiger charge is 2.04. The van der Waals surface area contributed by atoms with Gasteiger partial charge in [-0.3, -0.25) is 9.48 Å². The summed E-state index contributed by atoms with van der Waals surface area (Å²) in [6, 6.07) is 7.62. The molecule has 0 fully saturated rings. The summed E-state index contributed by atoms with van der Waals surface area (Å²) in [5.41, 5.74) is 1.76. The summed E-state index contributed by atoms with van der Waals surface area (Å²) in [5, 5.41) is 13.2. The maximum Gasteiger partial charge on any atom is 0.251 e. The zero-order valence-corrected chi connectivity index (χ0v) is 14.9. The molecule has 1 aromatic heterocycles. The molecule has 0 spiro atoms. The van der Waals surface area contributed by atoms with Gasteiger partial charge in [0.15, 0.2) is 5.96 Å². The molecule has 8 nitrogen and oxygen atoms in total. The molecule has 0 aliphatic rings. The minimum Gasteiger partial charge on any atom is -0.357 e. The molecule has 1 heterocycles. The number of aromatic nitrogens is 3. The second-order valence-corrected chi connectivity index (χ2v) is 5.45. The van der Waals surface area contributed by atoms with Crippen LogP contribution in [-0.2, 0) is 20.0 Å². The van der Waals surface area contributed by atoms with Gasteiger partial charge in [0.1, 0.15) is 18.7 Å². The zero-order valence-electron chi connectivity index (χ0n) is 14.9. The van der Waals surface area contributed by atoms with Gasteiger partial charge in [-0.05, 0) is 31.0 Å². The van der Waals surface area contributed by atoms with E-state index in [0.717, 1.165) is 30.3 Å². The van der Waals surface area contributed by atoms with Crippen LogP contribution in [0.4, 0.5) is 0 Å². The molecule has 0 atom stereocenters. The Morgan fingerprint density at radius 1 is 1.32 bits per heavy atom. The molecule has 2 aromatic rings. The zero-order chi connectivity index (χ0) is 18.1. The summed E-state index contributed by atoms with van der Waals surface area (Å²) < 4.78 is 1.71. The maximum atomic E-state index is 11.7. The summed E-state index contributed by atoms with van der Waals surface area (Å²) in [5.74, 6) is 1.46. The van der Waals surface area contributed by atoms with Crippen molar-refractivity contribution in [3.05, 3.63) is 47.5 Å². The fraction of sp³-hybridized carbons (Fsp3) is 0.412. The Bertz CT molecular complexity index is 723. The number of rotatable bonds is 7. The molecule has 1 aromatic carbocycles. The average Bonchev–Trinajstić information content (AvgIpc) is 3.04. The second kappa shape index (κ2) is 9.41. The Morgan fingerprint density at radius 3 is 2.84 bits per heavy atom. The highest BCUT2D eigenvalue weighted by molar-refractivity contribution is 5.94. The van der Waals surface area contributed by atoms with E-state index < -0.39 is 0 Å². The molecule has 8 heteroatoms. The number of guanidine groups is 1. The van der Waals surface area contributed by atoms with Crippen molar-refractivity contribution in [2.75, 3.05) is 20.1 Å². The molecule has 25 heavy (non-hydrogen) atoms. The van der Waals surface area contributed by atoms with Crippen molar-refractivity contribution in [2.24, 2.45) is 12.0 Å².